The first-order chi connectivity index (χ1) is 5.79. The van der Waals surface area contributed by atoms with Crippen LogP contribution in [0.25, 0.3) is 0 Å². The molecule has 0 bridgehead atoms. The fourth-order valence-corrected chi connectivity index (χ4v) is 1.39. The second-order valence-electron chi connectivity index (χ2n) is 2.76. The minimum Gasteiger partial charge on any atom is -0.294 e. The van der Waals surface area contributed by atoms with E-state index in [9.17, 15) is 4.79 Å². The smallest absolute Gasteiger partial charge is 0.164 e. The van der Waals surface area contributed by atoms with Crippen molar-refractivity contribution in [3.63, 3.8) is 0 Å². The summed E-state index contributed by atoms with van der Waals surface area (Å²) in [5.74, 6) is 0.196. The summed E-state index contributed by atoms with van der Waals surface area (Å²) < 4.78 is 0. The lowest BCUT2D eigenvalue weighted by Crippen LogP contribution is -2.18. The fraction of sp³-hybridized carbons (Fsp3) is 0.400. The van der Waals surface area contributed by atoms with Crippen molar-refractivity contribution in [1.82, 2.24) is 0 Å². The maximum atomic E-state index is 11.4. The Hall–Kier alpha value is -1.18. The molecule has 1 aliphatic carbocycles. The van der Waals surface area contributed by atoms with E-state index in [0.717, 1.165) is 24.1 Å². The van der Waals surface area contributed by atoms with Crippen LogP contribution >= 0.6 is 0 Å². The largest absolute Gasteiger partial charge is 0.294 e. The molecule has 0 aromatic carbocycles. The van der Waals surface area contributed by atoms with E-state index in [-0.39, 0.29) is 5.78 Å². The molecule has 0 aliphatic heterocycles. The predicted molar refractivity (Wildman–Crippen MR) is 50.5 cm³/mol. The Morgan fingerprint density at radius 3 is 2.83 bits per heavy atom. The Kier molecular flexibility index (Phi) is 2.97. The van der Waals surface area contributed by atoms with Crippen LogP contribution in [0.2, 0.25) is 0 Å². The molecule has 0 heterocycles. The molecule has 0 atom stereocenters. The van der Waals surface area contributed by atoms with Gasteiger partial charge in [-0.25, -0.2) is 0 Å². The van der Waals surface area contributed by atoms with Gasteiger partial charge in [-0.2, -0.15) is 0 Å². The van der Waals surface area contributed by atoms with Crippen LogP contribution in [0.1, 0.15) is 19.3 Å². The van der Waals surface area contributed by atoms with Crippen LogP contribution in [0.15, 0.2) is 29.3 Å². The number of hydrogen-bond acceptors (Lipinski definition) is 2. The van der Waals surface area contributed by atoms with Crippen molar-refractivity contribution in [1.29, 1.82) is 0 Å². The number of carbonyl (C=O) groups excluding carboxylic acids is 1. The standard InChI is InChI=1S/C10H13NO/c1-3-5-8-9(11-2)6-4-7-10(8)12/h3,5H,1,4,6-7H2,2H3. The van der Waals surface area contributed by atoms with E-state index in [1.807, 2.05) is 0 Å². The SMILES string of the molecule is C=CC=C1C(=O)CCCC1=NC. The Morgan fingerprint density at radius 1 is 1.50 bits per heavy atom. The molecule has 12 heavy (non-hydrogen) atoms. The number of carbonyl (C=O) groups is 1. The maximum Gasteiger partial charge on any atom is 0.164 e. The third kappa shape index (κ3) is 1.70. The van der Waals surface area contributed by atoms with Gasteiger partial charge in [-0.05, 0) is 12.8 Å². The Bertz CT molecular complexity index is 261. The van der Waals surface area contributed by atoms with Crippen molar-refractivity contribution in [2.45, 2.75) is 19.3 Å². The van der Waals surface area contributed by atoms with Crippen molar-refractivity contribution in [3.05, 3.63) is 24.3 Å². The summed E-state index contributed by atoms with van der Waals surface area (Å²) in [5.41, 5.74) is 1.67. The molecule has 1 rings (SSSR count). The summed E-state index contributed by atoms with van der Waals surface area (Å²) in [4.78, 5) is 15.4. The molecule has 0 N–H and O–H groups in total. The molecule has 0 amide bonds. The quantitative estimate of drug-likeness (QED) is 0.543. The van der Waals surface area contributed by atoms with Crippen LogP contribution in [0.4, 0.5) is 0 Å². The number of aliphatic imine (C=N–C) groups is 1. The van der Waals surface area contributed by atoms with Gasteiger partial charge in [-0.1, -0.05) is 18.7 Å². The van der Waals surface area contributed by atoms with Gasteiger partial charge in [0.2, 0.25) is 0 Å². The summed E-state index contributed by atoms with van der Waals surface area (Å²) in [6.07, 6.45) is 5.90. The molecule has 0 spiro atoms. The van der Waals surface area contributed by atoms with Crippen molar-refractivity contribution >= 4 is 11.5 Å². The van der Waals surface area contributed by atoms with Crippen molar-refractivity contribution in [3.8, 4) is 0 Å². The first-order valence-corrected chi connectivity index (χ1v) is 4.11. The van der Waals surface area contributed by atoms with Gasteiger partial charge in [0.15, 0.2) is 5.78 Å². The second-order valence-corrected chi connectivity index (χ2v) is 2.76. The minimum absolute atomic E-state index is 0.196. The van der Waals surface area contributed by atoms with E-state index in [0.29, 0.717) is 6.42 Å². The minimum atomic E-state index is 0.196. The summed E-state index contributed by atoms with van der Waals surface area (Å²) in [5, 5.41) is 0. The zero-order valence-electron chi connectivity index (χ0n) is 7.34. The van der Waals surface area contributed by atoms with Crippen LogP contribution in [-0.4, -0.2) is 18.5 Å². The lowest BCUT2D eigenvalue weighted by Gasteiger charge is -2.14. The van der Waals surface area contributed by atoms with E-state index in [2.05, 4.69) is 11.6 Å². The summed E-state index contributed by atoms with van der Waals surface area (Å²) >= 11 is 0. The molecule has 0 radical (unpaired) electrons. The van der Waals surface area contributed by atoms with Gasteiger partial charge in [-0.3, -0.25) is 9.79 Å². The molecule has 2 heteroatoms. The Labute approximate surface area is 72.7 Å². The van der Waals surface area contributed by atoms with E-state index >= 15 is 0 Å². The molecule has 2 nitrogen and oxygen atoms in total. The van der Waals surface area contributed by atoms with Gasteiger partial charge in [-0.15, -0.1) is 0 Å². The number of nitrogens with zero attached hydrogens (tertiary/aromatic N) is 1. The zero-order valence-corrected chi connectivity index (χ0v) is 7.34. The first kappa shape index (κ1) is 8.91. The molecule has 0 aromatic rings. The summed E-state index contributed by atoms with van der Waals surface area (Å²) in [7, 11) is 1.73. The second kappa shape index (κ2) is 4.00. The molecule has 0 saturated heterocycles. The predicted octanol–water partition coefficient (Wildman–Crippen LogP) is 1.92. The molecule has 1 aliphatic rings. The van der Waals surface area contributed by atoms with Crippen molar-refractivity contribution in [2.75, 3.05) is 7.05 Å². The summed E-state index contributed by atoms with van der Waals surface area (Å²) in [6, 6.07) is 0. The molecular weight excluding hydrogens is 150 g/mol. The maximum absolute atomic E-state index is 11.4. The van der Waals surface area contributed by atoms with Crippen LogP contribution in [-0.2, 0) is 4.79 Å². The van der Waals surface area contributed by atoms with Crippen LogP contribution in [0.3, 0.4) is 0 Å². The van der Waals surface area contributed by atoms with Gasteiger partial charge in [0.1, 0.15) is 0 Å². The van der Waals surface area contributed by atoms with Crippen LogP contribution in [0, 0.1) is 0 Å². The van der Waals surface area contributed by atoms with Gasteiger partial charge >= 0.3 is 0 Å². The molecule has 0 unspecified atom stereocenters. The van der Waals surface area contributed by atoms with E-state index in [1.54, 1.807) is 19.2 Å². The van der Waals surface area contributed by atoms with Crippen LogP contribution < -0.4 is 0 Å². The lowest BCUT2D eigenvalue weighted by atomic mass is 9.91. The highest BCUT2D eigenvalue weighted by atomic mass is 16.1. The molecular formula is C10H13NO. The topological polar surface area (TPSA) is 29.4 Å². The highest BCUT2D eigenvalue weighted by Gasteiger charge is 2.19. The number of hydrogen-bond donors (Lipinski definition) is 0. The normalized spacial score (nSPS) is 24.9. The number of ketones is 1. The monoisotopic (exact) mass is 163 g/mol. The molecule has 1 saturated carbocycles. The third-order valence-electron chi connectivity index (χ3n) is 1.98. The molecule has 64 valence electrons. The highest BCUT2D eigenvalue weighted by molar-refractivity contribution is 6.23. The average molecular weight is 163 g/mol. The zero-order chi connectivity index (χ0) is 8.97. The number of Topliss-reactive ketones (excluding diaryl/α,β-unsaturated/α-hetero) is 1. The van der Waals surface area contributed by atoms with Crippen LogP contribution in [0.5, 0.6) is 0 Å². The van der Waals surface area contributed by atoms with E-state index < -0.39 is 0 Å². The van der Waals surface area contributed by atoms with Gasteiger partial charge in [0.05, 0.1) is 0 Å². The Balaban J connectivity index is 2.95. The van der Waals surface area contributed by atoms with E-state index in [4.69, 9.17) is 0 Å². The van der Waals surface area contributed by atoms with Gasteiger partial charge in [0.25, 0.3) is 0 Å². The van der Waals surface area contributed by atoms with E-state index in [1.165, 1.54) is 0 Å². The number of rotatable bonds is 1. The third-order valence-corrected chi connectivity index (χ3v) is 1.98. The van der Waals surface area contributed by atoms with Gasteiger partial charge in [0, 0.05) is 24.8 Å². The lowest BCUT2D eigenvalue weighted by molar-refractivity contribution is -0.115. The fourth-order valence-electron chi connectivity index (χ4n) is 1.39. The highest BCUT2D eigenvalue weighted by Crippen LogP contribution is 2.17. The first-order valence-electron chi connectivity index (χ1n) is 4.11. The van der Waals surface area contributed by atoms with Gasteiger partial charge < -0.3 is 0 Å². The number of allylic oxidation sites excluding steroid dienone is 3. The summed E-state index contributed by atoms with van der Waals surface area (Å²) in [6.45, 7) is 3.57. The average Bonchev–Trinajstić information content (AvgIpc) is 2.09. The Morgan fingerprint density at radius 2 is 2.25 bits per heavy atom. The van der Waals surface area contributed by atoms with Crippen molar-refractivity contribution < 1.29 is 4.79 Å². The molecule has 0 aromatic heterocycles. The van der Waals surface area contributed by atoms with Crippen molar-refractivity contribution in [2.24, 2.45) is 4.99 Å². The molecule has 1 fully saturated rings.